The van der Waals surface area contributed by atoms with E-state index in [1.54, 1.807) is 11.0 Å². The van der Waals surface area contributed by atoms with Gasteiger partial charge in [-0.1, -0.05) is 0 Å². The fourth-order valence-corrected chi connectivity index (χ4v) is 2.99. The molecular formula is C20H29N3O5. The van der Waals surface area contributed by atoms with Crippen LogP contribution in [-0.4, -0.2) is 55.2 Å². The lowest BCUT2D eigenvalue weighted by Gasteiger charge is -2.33. The molecule has 1 heterocycles. The number of hydrogen-bond donors (Lipinski definition) is 2. The number of anilines is 1. The summed E-state index contributed by atoms with van der Waals surface area (Å²) in [4.78, 5) is 37.7. The highest BCUT2D eigenvalue weighted by atomic mass is 16.6. The van der Waals surface area contributed by atoms with Crippen LogP contribution in [-0.2, 0) is 9.47 Å². The van der Waals surface area contributed by atoms with Crippen molar-refractivity contribution in [2.24, 2.45) is 5.92 Å². The molecule has 1 fully saturated rings. The van der Waals surface area contributed by atoms with Crippen LogP contribution in [0.4, 0.5) is 10.5 Å². The lowest BCUT2D eigenvalue weighted by Crippen LogP contribution is -2.43. The second-order valence-electron chi connectivity index (χ2n) is 7.91. The van der Waals surface area contributed by atoms with Crippen LogP contribution in [0.2, 0.25) is 0 Å². The molecule has 0 radical (unpaired) electrons. The van der Waals surface area contributed by atoms with Gasteiger partial charge < -0.3 is 25.4 Å². The Morgan fingerprint density at radius 3 is 2.39 bits per heavy atom. The Balaban J connectivity index is 1.82. The number of ether oxygens (including phenoxy) is 2. The van der Waals surface area contributed by atoms with Crippen molar-refractivity contribution >= 4 is 23.7 Å². The Kier molecular flexibility index (Phi) is 6.88. The van der Waals surface area contributed by atoms with Crippen molar-refractivity contribution in [1.29, 1.82) is 0 Å². The van der Waals surface area contributed by atoms with Crippen LogP contribution in [0.5, 0.6) is 0 Å². The molecule has 3 N–H and O–H groups in total. The maximum absolute atomic E-state index is 12.4. The number of piperidine rings is 1. The third-order valence-electron chi connectivity index (χ3n) is 4.54. The van der Waals surface area contributed by atoms with Crippen molar-refractivity contribution in [1.82, 2.24) is 10.2 Å². The lowest BCUT2D eigenvalue weighted by molar-refractivity contribution is 0.0183. The summed E-state index contributed by atoms with van der Waals surface area (Å²) in [7, 11) is 1.27. The fourth-order valence-electron chi connectivity index (χ4n) is 2.99. The van der Waals surface area contributed by atoms with Gasteiger partial charge in [0, 0.05) is 30.9 Å². The molecule has 1 saturated heterocycles. The molecule has 0 bridgehead atoms. The molecule has 0 aromatic heterocycles. The highest BCUT2D eigenvalue weighted by Crippen LogP contribution is 2.20. The predicted molar refractivity (Wildman–Crippen MR) is 105 cm³/mol. The minimum absolute atomic E-state index is 0.199. The van der Waals surface area contributed by atoms with Crippen molar-refractivity contribution in [2.45, 2.75) is 39.2 Å². The Labute approximate surface area is 165 Å². The molecule has 28 heavy (non-hydrogen) atoms. The first-order valence-corrected chi connectivity index (χ1v) is 9.34. The summed E-state index contributed by atoms with van der Waals surface area (Å²) >= 11 is 0. The van der Waals surface area contributed by atoms with E-state index in [4.69, 9.17) is 10.5 Å². The number of nitrogens with two attached hydrogens (primary N) is 1. The molecule has 2 amide bonds. The molecule has 1 aliphatic heterocycles. The standard InChI is InChI=1S/C20H29N3O5/c1-20(2,3)28-19(26)23-9-7-13(8-10-23)12-22-17(24)14-5-6-15(16(21)11-14)18(25)27-4/h5-6,11,13H,7-10,12,21H2,1-4H3,(H,22,24). The SMILES string of the molecule is COC(=O)c1ccc(C(=O)NCC2CCN(C(=O)OC(C)(C)C)CC2)cc1N. The van der Waals surface area contributed by atoms with Gasteiger partial charge in [-0.05, 0) is 57.7 Å². The number of carbonyl (C=O) groups excluding carboxylic acids is 3. The first-order chi connectivity index (χ1) is 13.1. The zero-order valence-electron chi connectivity index (χ0n) is 16.9. The van der Waals surface area contributed by atoms with E-state index >= 15 is 0 Å². The maximum Gasteiger partial charge on any atom is 0.410 e. The van der Waals surface area contributed by atoms with E-state index in [2.05, 4.69) is 10.1 Å². The van der Waals surface area contributed by atoms with E-state index in [-0.39, 0.29) is 29.2 Å². The van der Waals surface area contributed by atoms with Gasteiger partial charge in [-0.2, -0.15) is 0 Å². The van der Waals surface area contributed by atoms with Gasteiger partial charge in [-0.25, -0.2) is 9.59 Å². The highest BCUT2D eigenvalue weighted by Gasteiger charge is 2.27. The normalized spacial score (nSPS) is 15.1. The van der Waals surface area contributed by atoms with Crippen LogP contribution in [0.25, 0.3) is 0 Å². The van der Waals surface area contributed by atoms with Gasteiger partial charge in [0.05, 0.1) is 12.7 Å². The van der Waals surface area contributed by atoms with E-state index in [9.17, 15) is 14.4 Å². The molecule has 0 atom stereocenters. The topological polar surface area (TPSA) is 111 Å². The molecular weight excluding hydrogens is 362 g/mol. The van der Waals surface area contributed by atoms with Crippen LogP contribution in [0.15, 0.2) is 18.2 Å². The fraction of sp³-hybridized carbons (Fsp3) is 0.550. The minimum atomic E-state index is -0.541. The maximum atomic E-state index is 12.4. The number of nitrogens with one attached hydrogen (secondary N) is 1. The van der Waals surface area contributed by atoms with Gasteiger partial charge in [-0.3, -0.25) is 4.79 Å². The molecule has 154 valence electrons. The average molecular weight is 391 g/mol. The Hall–Kier alpha value is -2.77. The van der Waals surface area contributed by atoms with Crippen LogP contribution >= 0.6 is 0 Å². The van der Waals surface area contributed by atoms with E-state index in [1.165, 1.54) is 19.2 Å². The molecule has 8 nitrogen and oxygen atoms in total. The van der Waals surface area contributed by atoms with Crippen LogP contribution in [0, 0.1) is 5.92 Å². The molecule has 1 aromatic rings. The number of benzene rings is 1. The van der Waals surface area contributed by atoms with E-state index in [0.717, 1.165) is 12.8 Å². The van der Waals surface area contributed by atoms with Crippen molar-refractivity contribution in [3.05, 3.63) is 29.3 Å². The van der Waals surface area contributed by atoms with Crippen molar-refractivity contribution in [3.63, 3.8) is 0 Å². The number of nitrogen functional groups attached to an aromatic ring is 1. The second kappa shape index (κ2) is 8.95. The number of methoxy groups -OCH3 is 1. The molecule has 1 aliphatic rings. The summed E-state index contributed by atoms with van der Waals surface area (Å²) < 4.78 is 10.0. The number of esters is 1. The zero-order valence-corrected chi connectivity index (χ0v) is 16.9. The molecule has 8 heteroatoms. The van der Waals surface area contributed by atoms with Crippen LogP contribution in [0.3, 0.4) is 0 Å². The number of carbonyl (C=O) groups is 3. The van der Waals surface area contributed by atoms with E-state index in [1.807, 2.05) is 20.8 Å². The van der Waals surface area contributed by atoms with E-state index in [0.29, 0.717) is 25.2 Å². The number of amides is 2. The third kappa shape index (κ3) is 5.87. The Morgan fingerprint density at radius 2 is 1.86 bits per heavy atom. The van der Waals surface area contributed by atoms with Crippen molar-refractivity contribution in [3.8, 4) is 0 Å². The molecule has 2 rings (SSSR count). The van der Waals surface area contributed by atoms with Crippen LogP contribution < -0.4 is 11.1 Å². The molecule has 0 spiro atoms. The zero-order chi connectivity index (χ0) is 20.9. The van der Waals surface area contributed by atoms with E-state index < -0.39 is 11.6 Å². The van der Waals surface area contributed by atoms with Crippen molar-refractivity contribution in [2.75, 3.05) is 32.5 Å². The summed E-state index contributed by atoms with van der Waals surface area (Å²) in [6.07, 6.45) is 1.29. The minimum Gasteiger partial charge on any atom is -0.465 e. The quantitative estimate of drug-likeness (QED) is 0.602. The molecule has 1 aromatic carbocycles. The lowest BCUT2D eigenvalue weighted by atomic mass is 9.97. The molecule has 0 aliphatic carbocycles. The Morgan fingerprint density at radius 1 is 1.21 bits per heavy atom. The number of nitrogens with zero attached hydrogens (tertiary/aromatic N) is 1. The van der Waals surface area contributed by atoms with Gasteiger partial charge in [0.15, 0.2) is 0 Å². The molecule has 0 saturated carbocycles. The number of likely N-dealkylation sites (tertiary alicyclic amines) is 1. The first-order valence-electron chi connectivity index (χ1n) is 9.34. The van der Waals surface area contributed by atoms with Crippen molar-refractivity contribution < 1.29 is 23.9 Å². The van der Waals surface area contributed by atoms with Gasteiger partial charge >= 0.3 is 12.1 Å². The number of rotatable bonds is 4. The summed E-state index contributed by atoms with van der Waals surface area (Å²) in [5, 5.41) is 2.90. The molecule has 0 unspecified atom stereocenters. The summed E-state index contributed by atoms with van der Waals surface area (Å²) in [6.45, 7) is 7.26. The van der Waals surface area contributed by atoms with Gasteiger partial charge in [0.1, 0.15) is 5.60 Å². The van der Waals surface area contributed by atoms with Gasteiger partial charge in [0.2, 0.25) is 0 Å². The predicted octanol–water partition coefficient (Wildman–Crippen LogP) is 2.43. The first kappa shape index (κ1) is 21.5. The third-order valence-corrected chi connectivity index (χ3v) is 4.54. The summed E-state index contributed by atoms with van der Waals surface area (Å²) in [6, 6.07) is 4.49. The largest absolute Gasteiger partial charge is 0.465 e. The number of hydrogen-bond acceptors (Lipinski definition) is 6. The highest BCUT2D eigenvalue weighted by molar-refractivity contribution is 6.00. The summed E-state index contributed by atoms with van der Waals surface area (Å²) in [5.41, 5.74) is 6.14. The summed E-state index contributed by atoms with van der Waals surface area (Å²) in [5.74, 6) is -0.506. The Bertz CT molecular complexity index is 734. The average Bonchev–Trinajstić information content (AvgIpc) is 2.64. The van der Waals surface area contributed by atoms with Crippen LogP contribution in [0.1, 0.15) is 54.3 Å². The second-order valence-corrected chi connectivity index (χ2v) is 7.91. The monoisotopic (exact) mass is 391 g/mol. The van der Waals surface area contributed by atoms with Gasteiger partial charge in [-0.15, -0.1) is 0 Å². The van der Waals surface area contributed by atoms with Gasteiger partial charge in [0.25, 0.3) is 5.91 Å². The smallest absolute Gasteiger partial charge is 0.410 e.